The highest BCUT2D eigenvalue weighted by Gasteiger charge is 2.32. The van der Waals surface area contributed by atoms with Gasteiger partial charge in [-0.1, -0.05) is 24.3 Å². The summed E-state index contributed by atoms with van der Waals surface area (Å²) in [6.45, 7) is 1.29. The van der Waals surface area contributed by atoms with Gasteiger partial charge in [-0.2, -0.15) is 10.1 Å². The van der Waals surface area contributed by atoms with E-state index in [9.17, 15) is 14.4 Å². The molecule has 0 atom stereocenters. The van der Waals surface area contributed by atoms with E-state index in [1.165, 1.54) is 20.2 Å². The SMILES string of the molecule is COc1cc(/C=N\N2C(=O)c3cccc4cccc(c34)C2=O)ccc1OC(C)=O. The minimum Gasteiger partial charge on any atom is -0.493 e. The maximum atomic E-state index is 12.8. The van der Waals surface area contributed by atoms with Crippen LogP contribution in [0.25, 0.3) is 10.8 Å². The van der Waals surface area contributed by atoms with Gasteiger partial charge >= 0.3 is 5.97 Å². The van der Waals surface area contributed by atoms with Gasteiger partial charge in [-0.25, -0.2) is 0 Å². The third-order valence-electron chi connectivity index (χ3n) is 4.51. The Morgan fingerprint density at radius 1 is 0.966 bits per heavy atom. The first kappa shape index (κ1) is 18.4. The molecule has 2 amide bonds. The van der Waals surface area contributed by atoms with Gasteiger partial charge in [0.2, 0.25) is 0 Å². The molecule has 0 radical (unpaired) electrons. The number of amides is 2. The smallest absolute Gasteiger partial charge is 0.308 e. The maximum absolute atomic E-state index is 12.8. The van der Waals surface area contributed by atoms with Gasteiger partial charge < -0.3 is 9.47 Å². The van der Waals surface area contributed by atoms with Gasteiger partial charge in [-0.05, 0) is 41.3 Å². The van der Waals surface area contributed by atoms with E-state index in [0.29, 0.717) is 27.8 Å². The average Bonchev–Trinajstić information content (AvgIpc) is 2.72. The molecule has 0 aromatic heterocycles. The zero-order valence-corrected chi connectivity index (χ0v) is 15.7. The number of carbonyl (C=O) groups excluding carboxylic acids is 3. The molecule has 0 aliphatic carbocycles. The number of imide groups is 1. The highest BCUT2D eigenvalue weighted by atomic mass is 16.6. The van der Waals surface area contributed by atoms with Gasteiger partial charge in [0, 0.05) is 12.3 Å². The van der Waals surface area contributed by atoms with Crippen molar-refractivity contribution in [1.29, 1.82) is 0 Å². The number of carbonyl (C=O) groups is 3. The molecule has 1 heterocycles. The normalized spacial score (nSPS) is 13.2. The van der Waals surface area contributed by atoms with E-state index in [0.717, 1.165) is 10.4 Å². The highest BCUT2D eigenvalue weighted by molar-refractivity contribution is 6.25. The van der Waals surface area contributed by atoms with Gasteiger partial charge in [0.05, 0.1) is 24.5 Å². The molecule has 7 nitrogen and oxygen atoms in total. The second kappa shape index (κ2) is 7.20. The van der Waals surface area contributed by atoms with Crippen LogP contribution in [0.3, 0.4) is 0 Å². The molecule has 3 aromatic rings. The van der Waals surface area contributed by atoms with Gasteiger partial charge in [-0.3, -0.25) is 14.4 Å². The van der Waals surface area contributed by atoms with Crippen molar-refractivity contribution in [2.24, 2.45) is 5.10 Å². The summed E-state index contributed by atoms with van der Waals surface area (Å²) in [6.07, 6.45) is 1.38. The summed E-state index contributed by atoms with van der Waals surface area (Å²) in [4.78, 5) is 36.8. The molecule has 0 fully saturated rings. The lowest BCUT2D eigenvalue weighted by atomic mass is 9.95. The third kappa shape index (κ3) is 3.23. The van der Waals surface area contributed by atoms with E-state index >= 15 is 0 Å². The predicted molar refractivity (Wildman–Crippen MR) is 106 cm³/mol. The molecule has 29 heavy (non-hydrogen) atoms. The largest absolute Gasteiger partial charge is 0.493 e. The lowest BCUT2D eigenvalue weighted by Crippen LogP contribution is -2.36. The number of hydrogen-bond acceptors (Lipinski definition) is 6. The number of methoxy groups -OCH3 is 1. The molecule has 7 heteroatoms. The molecule has 0 unspecified atom stereocenters. The minimum absolute atomic E-state index is 0.267. The van der Waals surface area contributed by atoms with Crippen molar-refractivity contribution in [3.63, 3.8) is 0 Å². The first-order chi connectivity index (χ1) is 14.0. The van der Waals surface area contributed by atoms with Crippen LogP contribution < -0.4 is 9.47 Å². The Bertz CT molecular complexity index is 1150. The van der Waals surface area contributed by atoms with E-state index < -0.39 is 17.8 Å². The Hall–Kier alpha value is -4.00. The Morgan fingerprint density at radius 3 is 2.21 bits per heavy atom. The van der Waals surface area contributed by atoms with Crippen LogP contribution in [0.4, 0.5) is 0 Å². The standard InChI is InChI=1S/C22H16N2O5/c1-13(25)29-18-10-9-14(11-19(18)28-2)12-23-24-21(26)16-7-3-5-15-6-4-8-17(20(15)16)22(24)27/h3-12H,1-2H3/b23-12-. The number of nitrogens with zero attached hydrogens (tertiary/aromatic N) is 2. The van der Waals surface area contributed by atoms with Crippen LogP contribution in [0.5, 0.6) is 11.5 Å². The van der Waals surface area contributed by atoms with Gasteiger partial charge in [0.15, 0.2) is 11.5 Å². The monoisotopic (exact) mass is 388 g/mol. The van der Waals surface area contributed by atoms with Crippen molar-refractivity contribution in [1.82, 2.24) is 5.01 Å². The van der Waals surface area contributed by atoms with Crippen LogP contribution in [0.1, 0.15) is 33.2 Å². The average molecular weight is 388 g/mol. The topological polar surface area (TPSA) is 85.3 Å². The number of benzene rings is 3. The fourth-order valence-electron chi connectivity index (χ4n) is 3.25. The number of hydrogen-bond donors (Lipinski definition) is 0. The van der Waals surface area contributed by atoms with Crippen molar-refractivity contribution in [3.05, 3.63) is 71.3 Å². The molecule has 0 saturated heterocycles. The number of esters is 1. The second-order valence-corrected chi connectivity index (χ2v) is 6.38. The maximum Gasteiger partial charge on any atom is 0.308 e. The van der Waals surface area contributed by atoms with Gasteiger partial charge in [0.1, 0.15) is 0 Å². The van der Waals surface area contributed by atoms with Gasteiger partial charge in [0.25, 0.3) is 11.8 Å². The first-order valence-corrected chi connectivity index (χ1v) is 8.80. The number of rotatable bonds is 4. The van der Waals surface area contributed by atoms with Gasteiger partial charge in [-0.15, -0.1) is 0 Å². The molecular formula is C22H16N2O5. The molecule has 4 rings (SSSR count). The lowest BCUT2D eigenvalue weighted by molar-refractivity contribution is -0.132. The van der Waals surface area contributed by atoms with Crippen LogP contribution in [0.15, 0.2) is 59.7 Å². The summed E-state index contributed by atoms with van der Waals surface area (Å²) in [5.74, 6) is -0.849. The summed E-state index contributed by atoms with van der Waals surface area (Å²) in [5, 5.41) is 6.44. The summed E-state index contributed by atoms with van der Waals surface area (Å²) in [5.41, 5.74) is 1.42. The fourth-order valence-corrected chi connectivity index (χ4v) is 3.25. The van der Waals surface area contributed by atoms with Crippen LogP contribution in [-0.2, 0) is 4.79 Å². The van der Waals surface area contributed by atoms with E-state index in [-0.39, 0.29) is 5.75 Å². The van der Waals surface area contributed by atoms with E-state index in [2.05, 4.69) is 5.10 Å². The van der Waals surface area contributed by atoms with Crippen molar-refractivity contribution >= 4 is 34.8 Å². The van der Waals surface area contributed by atoms with E-state index in [1.807, 2.05) is 12.1 Å². The molecule has 3 aromatic carbocycles. The molecular weight excluding hydrogens is 372 g/mol. The lowest BCUT2D eigenvalue weighted by Gasteiger charge is -2.23. The van der Waals surface area contributed by atoms with Crippen LogP contribution >= 0.6 is 0 Å². The Kier molecular flexibility index (Phi) is 4.56. The van der Waals surface area contributed by atoms with Crippen LogP contribution in [-0.4, -0.2) is 36.1 Å². The van der Waals surface area contributed by atoms with Crippen molar-refractivity contribution in [3.8, 4) is 11.5 Å². The predicted octanol–water partition coefficient (Wildman–Crippen LogP) is 3.40. The van der Waals surface area contributed by atoms with Crippen molar-refractivity contribution in [2.45, 2.75) is 6.92 Å². The summed E-state index contributed by atoms with van der Waals surface area (Å²) >= 11 is 0. The van der Waals surface area contributed by atoms with E-state index in [4.69, 9.17) is 9.47 Å². The number of ether oxygens (including phenoxy) is 2. The van der Waals surface area contributed by atoms with Crippen molar-refractivity contribution in [2.75, 3.05) is 7.11 Å². The molecule has 0 spiro atoms. The third-order valence-corrected chi connectivity index (χ3v) is 4.51. The van der Waals surface area contributed by atoms with Crippen LogP contribution in [0.2, 0.25) is 0 Å². The second-order valence-electron chi connectivity index (χ2n) is 6.38. The molecule has 1 aliphatic heterocycles. The summed E-state index contributed by atoms with van der Waals surface area (Å²) < 4.78 is 10.3. The first-order valence-electron chi connectivity index (χ1n) is 8.80. The van der Waals surface area contributed by atoms with E-state index in [1.54, 1.807) is 42.5 Å². The Balaban J connectivity index is 1.68. The zero-order valence-electron chi connectivity index (χ0n) is 15.7. The molecule has 0 N–H and O–H groups in total. The molecule has 1 aliphatic rings. The fraction of sp³-hybridized carbons (Fsp3) is 0.0909. The molecule has 0 bridgehead atoms. The molecule has 0 saturated carbocycles. The summed E-state index contributed by atoms with van der Waals surface area (Å²) in [6, 6.07) is 15.4. The molecule has 144 valence electrons. The Morgan fingerprint density at radius 2 is 1.62 bits per heavy atom. The summed E-state index contributed by atoms with van der Waals surface area (Å²) in [7, 11) is 1.44. The van der Waals surface area contributed by atoms with Crippen LogP contribution in [0, 0.1) is 0 Å². The highest BCUT2D eigenvalue weighted by Crippen LogP contribution is 2.31. The minimum atomic E-state index is -0.487. The quantitative estimate of drug-likeness (QED) is 0.296. The Labute approximate surface area is 166 Å². The zero-order chi connectivity index (χ0) is 20.5. The number of hydrazone groups is 1. The van der Waals surface area contributed by atoms with Crippen molar-refractivity contribution < 1.29 is 23.9 Å².